The number of nitrogens with zero attached hydrogens (tertiary/aromatic N) is 2. The van der Waals surface area contributed by atoms with E-state index in [0.29, 0.717) is 19.0 Å². The summed E-state index contributed by atoms with van der Waals surface area (Å²) in [6.07, 6.45) is 0.0673. The summed E-state index contributed by atoms with van der Waals surface area (Å²) < 4.78 is 11.0. The number of rotatable bonds is 6. The maximum absolute atomic E-state index is 11.6. The number of hydrogen-bond acceptors (Lipinski definition) is 5. The van der Waals surface area contributed by atoms with Gasteiger partial charge in [0.2, 0.25) is 0 Å². The number of ether oxygens (including phenoxy) is 2. The van der Waals surface area contributed by atoms with E-state index < -0.39 is 11.7 Å². The average molecular weight is 386 g/mol. The molecule has 1 rings (SSSR count). The molecule has 1 aliphatic heterocycles. The number of guanidine groups is 1. The van der Waals surface area contributed by atoms with E-state index in [9.17, 15) is 4.79 Å². The highest BCUT2D eigenvalue weighted by atomic mass is 16.6. The van der Waals surface area contributed by atoms with Gasteiger partial charge in [0.25, 0.3) is 0 Å². The molecule has 0 aromatic carbocycles. The first-order valence-corrected chi connectivity index (χ1v) is 9.75. The third-order valence-electron chi connectivity index (χ3n) is 4.27. The molecule has 0 aromatic heterocycles. The summed E-state index contributed by atoms with van der Waals surface area (Å²) in [6.45, 7) is 17.8. The number of carbonyl (C=O) groups is 1. The molecule has 1 fully saturated rings. The van der Waals surface area contributed by atoms with Crippen LogP contribution in [0, 0.1) is 0 Å². The standard InChI is InChI=1S/C19H39N5O3/c1-14-11-24(12-15(2)26-14)19(6,7)13-23-16(20-8)21-9-10-22-17(25)27-18(3,4)5/h14-15H,9-13H2,1-8H3,(H,22,25)(H2,20,21,23). The van der Waals surface area contributed by atoms with Crippen molar-refractivity contribution in [3.05, 3.63) is 0 Å². The summed E-state index contributed by atoms with van der Waals surface area (Å²) in [5, 5.41) is 9.31. The van der Waals surface area contributed by atoms with Crippen molar-refractivity contribution in [2.75, 3.05) is 39.8 Å². The molecule has 1 aliphatic rings. The lowest BCUT2D eigenvalue weighted by atomic mass is 10.00. The molecule has 2 unspecified atom stereocenters. The summed E-state index contributed by atoms with van der Waals surface area (Å²) in [6, 6.07) is 0. The van der Waals surface area contributed by atoms with Gasteiger partial charge in [0.15, 0.2) is 5.96 Å². The molecule has 1 saturated heterocycles. The molecular formula is C19H39N5O3. The van der Waals surface area contributed by atoms with Crippen molar-refractivity contribution >= 4 is 12.1 Å². The van der Waals surface area contributed by atoms with Gasteiger partial charge < -0.3 is 25.4 Å². The summed E-state index contributed by atoms with van der Waals surface area (Å²) in [4.78, 5) is 18.3. The van der Waals surface area contributed by atoms with E-state index in [1.54, 1.807) is 7.05 Å². The predicted molar refractivity (Wildman–Crippen MR) is 109 cm³/mol. The topological polar surface area (TPSA) is 87.2 Å². The van der Waals surface area contributed by atoms with Crippen LogP contribution in [0.5, 0.6) is 0 Å². The van der Waals surface area contributed by atoms with Crippen LogP contribution >= 0.6 is 0 Å². The molecule has 0 aromatic rings. The van der Waals surface area contributed by atoms with E-state index in [-0.39, 0.29) is 17.7 Å². The number of hydrogen-bond donors (Lipinski definition) is 3. The van der Waals surface area contributed by atoms with Crippen LogP contribution in [0.25, 0.3) is 0 Å². The average Bonchev–Trinajstić information content (AvgIpc) is 2.51. The number of amides is 1. The largest absolute Gasteiger partial charge is 0.444 e. The maximum atomic E-state index is 11.6. The number of aliphatic imine (C=N–C) groups is 1. The van der Waals surface area contributed by atoms with Gasteiger partial charge in [-0.25, -0.2) is 4.79 Å². The fraction of sp³-hybridized carbons (Fsp3) is 0.895. The zero-order chi connectivity index (χ0) is 20.7. The van der Waals surface area contributed by atoms with Gasteiger partial charge in [-0.2, -0.15) is 0 Å². The Hall–Kier alpha value is -1.54. The zero-order valence-corrected chi connectivity index (χ0v) is 18.3. The predicted octanol–water partition coefficient (Wildman–Crippen LogP) is 1.56. The Labute approximate surface area is 164 Å². The van der Waals surface area contributed by atoms with Crippen molar-refractivity contribution in [1.82, 2.24) is 20.9 Å². The van der Waals surface area contributed by atoms with Gasteiger partial charge in [0.05, 0.1) is 12.2 Å². The Bertz CT molecular complexity index is 492. The molecule has 0 saturated carbocycles. The van der Waals surface area contributed by atoms with E-state index in [1.165, 1.54) is 0 Å². The van der Waals surface area contributed by atoms with Crippen LogP contribution in [0.2, 0.25) is 0 Å². The number of carbonyl (C=O) groups excluding carboxylic acids is 1. The summed E-state index contributed by atoms with van der Waals surface area (Å²) >= 11 is 0. The smallest absolute Gasteiger partial charge is 0.407 e. The summed E-state index contributed by atoms with van der Waals surface area (Å²) in [5.41, 5.74) is -0.520. The molecule has 0 bridgehead atoms. The normalized spacial score (nSPS) is 22.3. The minimum Gasteiger partial charge on any atom is -0.444 e. The van der Waals surface area contributed by atoms with Gasteiger partial charge in [0, 0.05) is 45.3 Å². The van der Waals surface area contributed by atoms with Gasteiger partial charge in [0.1, 0.15) is 5.60 Å². The summed E-state index contributed by atoms with van der Waals surface area (Å²) in [7, 11) is 1.74. The lowest BCUT2D eigenvalue weighted by Crippen LogP contribution is -2.59. The number of alkyl carbamates (subject to hydrolysis) is 1. The minimum atomic E-state index is -0.491. The van der Waals surface area contributed by atoms with Crippen molar-refractivity contribution in [3.8, 4) is 0 Å². The van der Waals surface area contributed by atoms with E-state index >= 15 is 0 Å². The molecule has 0 spiro atoms. The Morgan fingerprint density at radius 3 is 2.15 bits per heavy atom. The minimum absolute atomic E-state index is 0.0291. The van der Waals surface area contributed by atoms with Gasteiger partial charge >= 0.3 is 6.09 Å². The highest BCUT2D eigenvalue weighted by Gasteiger charge is 2.33. The second-order valence-corrected chi connectivity index (χ2v) is 8.76. The molecule has 2 atom stereocenters. The fourth-order valence-corrected chi connectivity index (χ4v) is 2.96. The van der Waals surface area contributed by atoms with Crippen LogP contribution in [-0.2, 0) is 9.47 Å². The van der Waals surface area contributed by atoms with Crippen LogP contribution < -0.4 is 16.0 Å². The molecule has 8 nitrogen and oxygen atoms in total. The van der Waals surface area contributed by atoms with E-state index in [2.05, 4.69) is 53.5 Å². The van der Waals surface area contributed by atoms with Crippen molar-refractivity contribution in [2.24, 2.45) is 4.99 Å². The molecule has 1 amide bonds. The van der Waals surface area contributed by atoms with E-state index in [0.717, 1.165) is 19.6 Å². The first kappa shape index (κ1) is 23.5. The number of nitrogens with one attached hydrogen (secondary N) is 3. The van der Waals surface area contributed by atoms with Crippen molar-refractivity contribution in [3.63, 3.8) is 0 Å². The van der Waals surface area contributed by atoms with Gasteiger partial charge in [-0.05, 0) is 48.5 Å². The van der Waals surface area contributed by atoms with Gasteiger partial charge in [-0.1, -0.05) is 0 Å². The molecule has 3 N–H and O–H groups in total. The first-order valence-electron chi connectivity index (χ1n) is 9.75. The third kappa shape index (κ3) is 9.28. The highest BCUT2D eigenvalue weighted by molar-refractivity contribution is 5.79. The second kappa shape index (κ2) is 10.1. The van der Waals surface area contributed by atoms with Crippen LogP contribution in [0.4, 0.5) is 4.79 Å². The molecule has 27 heavy (non-hydrogen) atoms. The third-order valence-corrected chi connectivity index (χ3v) is 4.27. The quantitative estimate of drug-likeness (QED) is 0.365. The second-order valence-electron chi connectivity index (χ2n) is 8.76. The lowest BCUT2D eigenvalue weighted by molar-refractivity contribution is -0.0946. The fourth-order valence-electron chi connectivity index (χ4n) is 2.96. The van der Waals surface area contributed by atoms with Crippen LogP contribution in [0.15, 0.2) is 4.99 Å². The zero-order valence-electron chi connectivity index (χ0n) is 18.3. The Balaban J connectivity index is 2.36. The van der Waals surface area contributed by atoms with Crippen LogP contribution in [-0.4, -0.2) is 80.1 Å². The van der Waals surface area contributed by atoms with Crippen molar-refractivity contribution in [2.45, 2.75) is 71.8 Å². The van der Waals surface area contributed by atoms with Crippen LogP contribution in [0.3, 0.4) is 0 Å². The Morgan fingerprint density at radius 2 is 1.63 bits per heavy atom. The summed E-state index contributed by atoms with van der Waals surface area (Å²) in [5.74, 6) is 0.712. The molecule has 8 heteroatoms. The SMILES string of the molecule is CN=C(NCCNC(=O)OC(C)(C)C)NCC(C)(C)N1CC(C)OC(C)C1. The molecule has 0 aliphatic carbocycles. The maximum Gasteiger partial charge on any atom is 0.407 e. The monoisotopic (exact) mass is 385 g/mol. The van der Waals surface area contributed by atoms with E-state index in [1.807, 2.05) is 20.8 Å². The molecule has 1 heterocycles. The first-order chi connectivity index (χ1) is 12.4. The molecular weight excluding hydrogens is 346 g/mol. The molecule has 158 valence electrons. The van der Waals surface area contributed by atoms with Crippen molar-refractivity contribution < 1.29 is 14.3 Å². The van der Waals surface area contributed by atoms with Crippen molar-refractivity contribution in [1.29, 1.82) is 0 Å². The molecule has 0 radical (unpaired) electrons. The van der Waals surface area contributed by atoms with Crippen LogP contribution in [0.1, 0.15) is 48.5 Å². The van der Waals surface area contributed by atoms with Gasteiger partial charge in [-0.3, -0.25) is 9.89 Å². The lowest BCUT2D eigenvalue weighted by Gasteiger charge is -2.45. The van der Waals surface area contributed by atoms with Gasteiger partial charge in [-0.15, -0.1) is 0 Å². The Kier molecular flexibility index (Phi) is 8.81. The Morgan fingerprint density at radius 1 is 1.07 bits per heavy atom. The van der Waals surface area contributed by atoms with E-state index in [4.69, 9.17) is 9.47 Å². The highest BCUT2D eigenvalue weighted by Crippen LogP contribution is 2.20. The number of morpholine rings is 1.